The van der Waals surface area contributed by atoms with E-state index in [0.717, 1.165) is 13.0 Å². The Kier molecular flexibility index (Phi) is 1.29. The second kappa shape index (κ2) is 1.95. The minimum absolute atomic E-state index is 0.371. The van der Waals surface area contributed by atoms with Crippen molar-refractivity contribution in [3.05, 3.63) is 0 Å². The third-order valence-electron chi connectivity index (χ3n) is 2.50. The maximum absolute atomic E-state index is 9.78. The fourth-order valence-corrected chi connectivity index (χ4v) is 1.52. The molecule has 0 radical (unpaired) electrons. The molecule has 10 heavy (non-hydrogen) atoms. The van der Waals surface area contributed by atoms with Crippen molar-refractivity contribution in [2.45, 2.75) is 37.9 Å². The van der Waals surface area contributed by atoms with Crippen LogP contribution in [0.15, 0.2) is 0 Å². The SMILES string of the molecule is C[C@@](O)(C[C@@H]1CO1)C1CC1. The molecule has 2 aliphatic rings. The molecule has 1 N–H and O–H groups in total. The van der Waals surface area contributed by atoms with E-state index in [0.29, 0.717) is 12.0 Å². The van der Waals surface area contributed by atoms with E-state index in [1.165, 1.54) is 12.8 Å². The summed E-state index contributed by atoms with van der Waals surface area (Å²) in [5, 5.41) is 9.78. The summed E-state index contributed by atoms with van der Waals surface area (Å²) in [6, 6.07) is 0. The van der Waals surface area contributed by atoms with Gasteiger partial charge in [-0.1, -0.05) is 0 Å². The minimum Gasteiger partial charge on any atom is -0.390 e. The molecule has 0 aromatic carbocycles. The average molecular weight is 142 g/mol. The van der Waals surface area contributed by atoms with Gasteiger partial charge in [-0.05, 0) is 25.7 Å². The number of epoxide rings is 1. The largest absolute Gasteiger partial charge is 0.390 e. The summed E-state index contributed by atoms with van der Waals surface area (Å²) >= 11 is 0. The summed E-state index contributed by atoms with van der Waals surface area (Å²) in [5.41, 5.74) is -0.429. The van der Waals surface area contributed by atoms with Crippen LogP contribution in [-0.4, -0.2) is 23.4 Å². The van der Waals surface area contributed by atoms with Crippen molar-refractivity contribution < 1.29 is 9.84 Å². The Morgan fingerprint density at radius 3 is 2.60 bits per heavy atom. The molecule has 2 atom stereocenters. The Morgan fingerprint density at radius 1 is 1.60 bits per heavy atom. The standard InChI is InChI=1S/C8H14O2/c1-8(9,6-2-3-6)4-7-5-10-7/h6-7,9H,2-5H2,1H3/t7-,8-/m1/s1. The zero-order chi connectivity index (χ0) is 7.19. The molecule has 0 unspecified atom stereocenters. The van der Waals surface area contributed by atoms with Gasteiger partial charge < -0.3 is 9.84 Å². The number of rotatable bonds is 3. The first-order chi connectivity index (χ1) is 4.68. The van der Waals surface area contributed by atoms with E-state index in [1.807, 2.05) is 6.92 Å². The Balaban J connectivity index is 1.85. The van der Waals surface area contributed by atoms with Gasteiger partial charge >= 0.3 is 0 Å². The molecule has 1 aliphatic heterocycles. The molecular weight excluding hydrogens is 128 g/mol. The highest BCUT2D eigenvalue weighted by Gasteiger charge is 2.43. The first-order valence-electron chi connectivity index (χ1n) is 4.02. The van der Waals surface area contributed by atoms with Gasteiger partial charge in [0.25, 0.3) is 0 Å². The average Bonchev–Trinajstić information content (AvgIpc) is 2.58. The highest BCUT2D eigenvalue weighted by molar-refractivity contribution is 4.94. The van der Waals surface area contributed by atoms with Crippen LogP contribution in [0.3, 0.4) is 0 Å². The molecule has 0 aromatic heterocycles. The highest BCUT2D eigenvalue weighted by atomic mass is 16.6. The van der Waals surface area contributed by atoms with Crippen molar-refractivity contribution in [1.29, 1.82) is 0 Å². The summed E-state index contributed by atoms with van der Waals surface area (Å²) < 4.78 is 5.06. The van der Waals surface area contributed by atoms with Crippen molar-refractivity contribution in [3.63, 3.8) is 0 Å². The Labute approximate surface area is 61.2 Å². The van der Waals surface area contributed by atoms with E-state index >= 15 is 0 Å². The monoisotopic (exact) mass is 142 g/mol. The summed E-state index contributed by atoms with van der Waals surface area (Å²) in [6.45, 7) is 2.80. The molecule has 0 aromatic rings. The molecule has 2 heteroatoms. The molecule has 0 amide bonds. The van der Waals surface area contributed by atoms with E-state index < -0.39 is 5.60 Å². The third kappa shape index (κ3) is 1.32. The molecule has 2 rings (SSSR count). The lowest BCUT2D eigenvalue weighted by molar-refractivity contribution is 0.0210. The van der Waals surface area contributed by atoms with Gasteiger partial charge in [-0.3, -0.25) is 0 Å². The molecule has 1 saturated carbocycles. The predicted octanol–water partition coefficient (Wildman–Crippen LogP) is 0.936. The third-order valence-corrected chi connectivity index (χ3v) is 2.50. The van der Waals surface area contributed by atoms with Gasteiger partial charge in [0.1, 0.15) is 0 Å². The molecular formula is C8H14O2. The van der Waals surface area contributed by atoms with Crippen molar-refractivity contribution in [1.82, 2.24) is 0 Å². The van der Waals surface area contributed by atoms with E-state index in [2.05, 4.69) is 0 Å². The molecule has 0 bridgehead atoms. The first-order valence-corrected chi connectivity index (χ1v) is 4.02. The van der Waals surface area contributed by atoms with Crippen LogP contribution in [0.5, 0.6) is 0 Å². The second-order valence-electron chi connectivity index (χ2n) is 3.79. The Bertz CT molecular complexity index is 134. The van der Waals surface area contributed by atoms with E-state index in [9.17, 15) is 5.11 Å². The molecule has 1 heterocycles. The highest BCUT2D eigenvalue weighted by Crippen LogP contribution is 2.43. The van der Waals surface area contributed by atoms with Crippen LogP contribution in [-0.2, 0) is 4.74 Å². The summed E-state index contributed by atoms with van der Waals surface area (Å²) in [6.07, 6.45) is 3.63. The lowest BCUT2D eigenvalue weighted by Crippen LogP contribution is -2.28. The van der Waals surface area contributed by atoms with Gasteiger partial charge in [-0.15, -0.1) is 0 Å². The van der Waals surface area contributed by atoms with Gasteiger partial charge in [-0.2, -0.15) is 0 Å². The maximum Gasteiger partial charge on any atom is 0.0837 e. The predicted molar refractivity (Wildman–Crippen MR) is 37.7 cm³/mol. The van der Waals surface area contributed by atoms with Crippen LogP contribution in [0.2, 0.25) is 0 Å². The normalized spacial score (nSPS) is 37.2. The van der Waals surface area contributed by atoms with Gasteiger partial charge in [-0.25, -0.2) is 0 Å². The van der Waals surface area contributed by atoms with Crippen LogP contribution >= 0.6 is 0 Å². The topological polar surface area (TPSA) is 32.8 Å². The van der Waals surface area contributed by atoms with Gasteiger partial charge in [0, 0.05) is 6.42 Å². The molecule has 1 aliphatic carbocycles. The number of hydrogen-bond acceptors (Lipinski definition) is 2. The van der Waals surface area contributed by atoms with Crippen molar-refractivity contribution in [2.75, 3.05) is 6.61 Å². The van der Waals surface area contributed by atoms with Crippen molar-refractivity contribution in [2.24, 2.45) is 5.92 Å². The fourth-order valence-electron chi connectivity index (χ4n) is 1.52. The number of aliphatic hydroxyl groups is 1. The van der Waals surface area contributed by atoms with Crippen LogP contribution in [0.4, 0.5) is 0 Å². The maximum atomic E-state index is 9.78. The van der Waals surface area contributed by atoms with E-state index in [4.69, 9.17) is 4.74 Å². The number of hydrogen-bond donors (Lipinski definition) is 1. The lowest BCUT2D eigenvalue weighted by Gasteiger charge is -2.21. The summed E-state index contributed by atoms with van der Waals surface area (Å²) in [7, 11) is 0. The van der Waals surface area contributed by atoms with Crippen LogP contribution in [0.25, 0.3) is 0 Å². The van der Waals surface area contributed by atoms with Crippen LogP contribution in [0, 0.1) is 5.92 Å². The second-order valence-corrected chi connectivity index (χ2v) is 3.79. The van der Waals surface area contributed by atoms with Crippen LogP contribution in [0.1, 0.15) is 26.2 Å². The van der Waals surface area contributed by atoms with Gasteiger partial charge in [0.2, 0.25) is 0 Å². The smallest absolute Gasteiger partial charge is 0.0837 e. The Morgan fingerprint density at radius 2 is 2.20 bits per heavy atom. The zero-order valence-electron chi connectivity index (χ0n) is 6.34. The van der Waals surface area contributed by atoms with Crippen LogP contribution < -0.4 is 0 Å². The van der Waals surface area contributed by atoms with Gasteiger partial charge in [0.05, 0.1) is 18.3 Å². The van der Waals surface area contributed by atoms with E-state index in [-0.39, 0.29) is 0 Å². The first kappa shape index (κ1) is 6.62. The van der Waals surface area contributed by atoms with E-state index in [1.54, 1.807) is 0 Å². The molecule has 0 spiro atoms. The van der Waals surface area contributed by atoms with Crippen molar-refractivity contribution in [3.8, 4) is 0 Å². The minimum atomic E-state index is -0.429. The van der Waals surface area contributed by atoms with Crippen molar-refractivity contribution >= 4 is 0 Å². The number of ether oxygens (including phenoxy) is 1. The summed E-state index contributed by atoms with van der Waals surface area (Å²) in [4.78, 5) is 0. The lowest BCUT2D eigenvalue weighted by atomic mass is 9.95. The van der Waals surface area contributed by atoms with Gasteiger partial charge in [0.15, 0.2) is 0 Å². The molecule has 2 nitrogen and oxygen atoms in total. The Hall–Kier alpha value is -0.0800. The molecule has 58 valence electrons. The molecule has 2 fully saturated rings. The zero-order valence-corrected chi connectivity index (χ0v) is 6.34. The quantitative estimate of drug-likeness (QED) is 0.595. The fraction of sp³-hybridized carbons (Fsp3) is 1.00. The summed E-state index contributed by atoms with van der Waals surface area (Å²) in [5.74, 6) is 0.566. The molecule has 1 saturated heterocycles.